The third kappa shape index (κ3) is 5.72. The lowest BCUT2D eigenvalue weighted by atomic mass is 10.1. The summed E-state index contributed by atoms with van der Waals surface area (Å²) in [5.41, 5.74) is 1.78. The van der Waals surface area contributed by atoms with Crippen molar-refractivity contribution in [1.82, 2.24) is 24.8 Å². The second kappa shape index (κ2) is 10.6. The molecule has 34 heavy (non-hydrogen) atoms. The van der Waals surface area contributed by atoms with Crippen LogP contribution in [0.3, 0.4) is 0 Å². The molecule has 0 bridgehead atoms. The average molecular weight is 486 g/mol. The van der Waals surface area contributed by atoms with Gasteiger partial charge in [0.05, 0.1) is 12.1 Å². The number of aryl methyl sites for hydroxylation is 2. The highest BCUT2D eigenvalue weighted by molar-refractivity contribution is 6.30. The number of carbonyl (C=O) groups is 2. The van der Waals surface area contributed by atoms with Gasteiger partial charge in [-0.3, -0.25) is 19.6 Å². The lowest BCUT2D eigenvalue weighted by Gasteiger charge is -2.35. The van der Waals surface area contributed by atoms with Crippen molar-refractivity contribution in [2.24, 2.45) is 0 Å². The van der Waals surface area contributed by atoms with Crippen LogP contribution in [0, 0.1) is 11.6 Å². The number of hydrogen-bond donors (Lipinski definition) is 0. The van der Waals surface area contributed by atoms with Gasteiger partial charge in [0.15, 0.2) is 5.15 Å². The lowest BCUT2D eigenvalue weighted by Crippen LogP contribution is -2.51. The van der Waals surface area contributed by atoms with Gasteiger partial charge in [0.25, 0.3) is 5.91 Å². The Morgan fingerprint density at radius 2 is 1.62 bits per heavy atom. The van der Waals surface area contributed by atoms with Crippen LogP contribution in [0.2, 0.25) is 5.15 Å². The number of pyridine rings is 1. The fraction of sp³-hybridized carbons (Fsp3) is 0.292. The van der Waals surface area contributed by atoms with E-state index in [4.69, 9.17) is 11.6 Å². The van der Waals surface area contributed by atoms with Crippen molar-refractivity contribution < 1.29 is 18.4 Å². The molecule has 0 aliphatic carbocycles. The maximum atomic E-state index is 13.9. The highest BCUT2D eigenvalue weighted by atomic mass is 35.5. The molecule has 2 amide bonds. The summed E-state index contributed by atoms with van der Waals surface area (Å²) in [5.74, 6) is -1.25. The van der Waals surface area contributed by atoms with Gasteiger partial charge in [0.1, 0.15) is 11.6 Å². The van der Waals surface area contributed by atoms with Gasteiger partial charge in [0.2, 0.25) is 5.91 Å². The molecule has 1 aliphatic heterocycles. The Hall–Kier alpha value is -3.46. The van der Waals surface area contributed by atoms with Crippen molar-refractivity contribution in [2.75, 3.05) is 26.2 Å². The molecule has 4 rings (SSSR count). The van der Waals surface area contributed by atoms with Crippen LogP contribution >= 0.6 is 11.6 Å². The van der Waals surface area contributed by atoms with E-state index in [1.165, 1.54) is 24.7 Å². The first-order chi connectivity index (χ1) is 16.4. The Bertz CT molecular complexity index is 1200. The second-order valence-electron chi connectivity index (χ2n) is 7.92. The quantitative estimate of drug-likeness (QED) is 0.536. The topological polar surface area (TPSA) is 79.3 Å². The molecule has 0 spiro atoms. The van der Waals surface area contributed by atoms with E-state index in [0.717, 1.165) is 12.1 Å². The standard InChI is InChI=1S/C24H22ClF2N5O2/c25-23-21(29-7-8-30-23)15-22(33)31-9-11-32(12-10-31)24(34)17-5-6-28-19(14-17)3-1-16-13-18(26)2-4-20(16)27/h2,4-8,13-14H,1,3,9-12,15H2. The third-order valence-electron chi connectivity index (χ3n) is 5.68. The molecule has 1 aromatic carbocycles. The van der Waals surface area contributed by atoms with Crippen molar-refractivity contribution >= 4 is 23.4 Å². The summed E-state index contributed by atoms with van der Waals surface area (Å²) in [6, 6.07) is 6.65. The minimum absolute atomic E-state index is 0.0558. The van der Waals surface area contributed by atoms with E-state index in [9.17, 15) is 18.4 Å². The first-order valence-corrected chi connectivity index (χ1v) is 11.2. The van der Waals surface area contributed by atoms with Gasteiger partial charge in [0, 0.05) is 56.0 Å². The van der Waals surface area contributed by atoms with Crippen molar-refractivity contribution in [3.05, 3.63) is 88.2 Å². The van der Waals surface area contributed by atoms with Crippen LogP contribution in [0.1, 0.15) is 27.3 Å². The fourth-order valence-electron chi connectivity index (χ4n) is 3.81. The Morgan fingerprint density at radius 1 is 0.882 bits per heavy atom. The van der Waals surface area contributed by atoms with E-state index < -0.39 is 11.6 Å². The number of amides is 2. The molecular weight excluding hydrogens is 464 g/mol. The number of aromatic nitrogens is 3. The molecule has 10 heteroatoms. The SMILES string of the molecule is O=C(Cc1nccnc1Cl)N1CCN(C(=O)c2ccnc(CCc3cc(F)ccc3F)c2)CC1. The maximum Gasteiger partial charge on any atom is 0.254 e. The Kier molecular flexibility index (Phi) is 7.42. The highest BCUT2D eigenvalue weighted by Crippen LogP contribution is 2.16. The van der Waals surface area contributed by atoms with E-state index in [2.05, 4.69) is 15.0 Å². The zero-order valence-corrected chi connectivity index (χ0v) is 19.0. The highest BCUT2D eigenvalue weighted by Gasteiger charge is 2.25. The monoisotopic (exact) mass is 485 g/mol. The van der Waals surface area contributed by atoms with Gasteiger partial charge in [-0.2, -0.15) is 0 Å². The summed E-state index contributed by atoms with van der Waals surface area (Å²) in [5, 5.41) is 0.207. The number of rotatable bonds is 6. The number of benzene rings is 1. The lowest BCUT2D eigenvalue weighted by molar-refractivity contribution is -0.132. The molecule has 176 valence electrons. The molecule has 0 N–H and O–H groups in total. The van der Waals surface area contributed by atoms with E-state index in [0.29, 0.717) is 49.6 Å². The molecule has 3 heterocycles. The van der Waals surface area contributed by atoms with Crippen LogP contribution in [-0.4, -0.2) is 62.7 Å². The molecule has 7 nitrogen and oxygen atoms in total. The molecular formula is C24H22ClF2N5O2. The summed E-state index contributed by atoms with van der Waals surface area (Å²) in [6.07, 6.45) is 5.18. The second-order valence-corrected chi connectivity index (χ2v) is 8.27. The molecule has 2 aromatic heterocycles. The van der Waals surface area contributed by atoms with Crippen molar-refractivity contribution in [3.63, 3.8) is 0 Å². The number of hydrogen-bond acceptors (Lipinski definition) is 5. The number of nitrogens with zero attached hydrogens (tertiary/aromatic N) is 5. The molecule has 0 saturated carbocycles. The van der Waals surface area contributed by atoms with Crippen LogP contribution in [0.15, 0.2) is 48.9 Å². The average Bonchev–Trinajstić information content (AvgIpc) is 2.86. The van der Waals surface area contributed by atoms with Gasteiger partial charge in [-0.05, 0) is 48.7 Å². The maximum absolute atomic E-state index is 13.9. The smallest absolute Gasteiger partial charge is 0.254 e. The Morgan fingerprint density at radius 3 is 2.38 bits per heavy atom. The third-order valence-corrected chi connectivity index (χ3v) is 6.00. The molecule has 0 radical (unpaired) electrons. The van der Waals surface area contributed by atoms with E-state index in [1.807, 2.05) is 0 Å². The molecule has 1 aliphatic rings. The Labute approximate surface area is 200 Å². The van der Waals surface area contributed by atoms with Crippen molar-refractivity contribution in [2.45, 2.75) is 19.3 Å². The molecule has 0 atom stereocenters. The van der Waals surface area contributed by atoms with Crippen molar-refractivity contribution in [3.8, 4) is 0 Å². The first-order valence-electron chi connectivity index (χ1n) is 10.8. The van der Waals surface area contributed by atoms with E-state index in [-0.39, 0.29) is 35.4 Å². The first kappa shape index (κ1) is 23.7. The largest absolute Gasteiger partial charge is 0.339 e. The number of piperazine rings is 1. The summed E-state index contributed by atoms with van der Waals surface area (Å²) in [6.45, 7) is 1.59. The van der Waals surface area contributed by atoms with E-state index in [1.54, 1.807) is 21.9 Å². The van der Waals surface area contributed by atoms with Gasteiger partial charge in [-0.25, -0.2) is 13.8 Å². The Balaban J connectivity index is 1.33. The minimum Gasteiger partial charge on any atom is -0.339 e. The molecule has 1 fully saturated rings. The van der Waals surface area contributed by atoms with E-state index >= 15 is 0 Å². The summed E-state index contributed by atoms with van der Waals surface area (Å²) in [7, 11) is 0. The van der Waals surface area contributed by atoms with Gasteiger partial charge in [-0.1, -0.05) is 11.6 Å². The number of carbonyl (C=O) groups excluding carboxylic acids is 2. The summed E-state index contributed by atoms with van der Waals surface area (Å²) < 4.78 is 27.2. The number of halogens is 3. The predicted molar refractivity (Wildman–Crippen MR) is 121 cm³/mol. The molecule has 1 saturated heterocycles. The molecule has 0 unspecified atom stereocenters. The van der Waals surface area contributed by atoms with Crippen molar-refractivity contribution in [1.29, 1.82) is 0 Å². The zero-order valence-electron chi connectivity index (χ0n) is 18.3. The zero-order chi connectivity index (χ0) is 24.1. The minimum atomic E-state index is -0.495. The summed E-state index contributed by atoms with van der Waals surface area (Å²) in [4.78, 5) is 41.2. The van der Waals surface area contributed by atoms with Crippen LogP contribution in [0.4, 0.5) is 8.78 Å². The van der Waals surface area contributed by atoms with Crippen LogP contribution in [0.5, 0.6) is 0 Å². The van der Waals surface area contributed by atoms with Crippen LogP contribution < -0.4 is 0 Å². The van der Waals surface area contributed by atoms with Gasteiger partial charge < -0.3 is 9.80 Å². The van der Waals surface area contributed by atoms with Crippen LogP contribution in [-0.2, 0) is 24.1 Å². The van der Waals surface area contributed by atoms with Gasteiger partial charge >= 0.3 is 0 Å². The van der Waals surface area contributed by atoms with Crippen LogP contribution in [0.25, 0.3) is 0 Å². The molecule has 3 aromatic rings. The fourth-order valence-corrected chi connectivity index (χ4v) is 3.98. The normalized spacial score (nSPS) is 13.7. The van der Waals surface area contributed by atoms with Gasteiger partial charge in [-0.15, -0.1) is 0 Å². The predicted octanol–water partition coefficient (Wildman–Crippen LogP) is 3.12. The summed E-state index contributed by atoms with van der Waals surface area (Å²) >= 11 is 5.99.